The lowest BCUT2D eigenvalue weighted by atomic mass is 10.1. The molecule has 120 valence electrons. The number of carbonyl (C=O) groups excluding carboxylic acids is 1. The number of hydrogen-bond donors (Lipinski definition) is 2. The van der Waals surface area contributed by atoms with Crippen LogP contribution in [0.4, 0.5) is 0 Å². The fourth-order valence-corrected chi connectivity index (χ4v) is 2.72. The zero-order valence-corrected chi connectivity index (χ0v) is 13.1. The van der Waals surface area contributed by atoms with E-state index in [0.29, 0.717) is 0 Å². The first-order chi connectivity index (χ1) is 11.2. The van der Waals surface area contributed by atoms with Gasteiger partial charge in [0.25, 0.3) is 0 Å². The van der Waals surface area contributed by atoms with Gasteiger partial charge in [-0.3, -0.25) is 9.80 Å². The fraction of sp³-hybridized carbons (Fsp3) is 0.333. The molecule has 0 bridgehead atoms. The molecular weight excluding hydrogens is 288 g/mol. The van der Waals surface area contributed by atoms with E-state index in [2.05, 4.69) is 15.4 Å². The van der Waals surface area contributed by atoms with Gasteiger partial charge in [0.05, 0.1) is 11.8 Å². The molecule has 23 heavy (non-hydrogen) atoms. The minimum atomic E-state index is -0.655. The van der Waals surface area contributed by atoms with Gasteiger partial charge in [-0.2, -0.15) is 5.10 Å². The number of carbonyl (C=O) groups is 1. The standard InChI is InChI=1S/C18H22N4O/c19-17(14-6-2-1-3-7-14)18(23)20-15-8-10-16(11-9-15)21-22-12-4-5-13-22/h1-3,6-11,15,17H,4-5,12-13,19H2,(H,20,23). The van der Waals surface area contributed by atoms with E-state index < -0.39 is 6.04 Å². The summed E-state index contributed by atoms with van der Waals surface area (Å²) in [5, 5.41) is 9.59. The molecule has 1 amide bonds. The molecule has 0 radical (unpaired) electrons. The van der Waals surface area contributed by atoms with E-state index in [1.165, 1.54) is 12.8 Å². The number of hydrazone groups is 1. The topological polar surface area (TPSA) is 70.7 Å². The molecule has 1 heterocycles. The Kier molecular flexibility index (Phi) is 4.88. The summed E-state index contributed by atoms with van der Waals surface area (Å²) in [6.07, 6.45) is 10.2. The van der Waals surface area contributed by atoms with Crippen molar-refractivity contribution >= 4 is 11.6 Å². The number of nitrogens with one attached hydrogen (secondary N) is 1. The predicted octanol–water partition coefficient (Wildman–Crippen LogP) is 1.75. The molecule has 1 fully saturated rings. The normalized spacial score (nSPS) is 21.3. The lowest BCUT2D eigenvalue weighted by molar-refractivity contribution is -0.122. The van der Waals surface area contributed by atoms with Gasteiger partial charge in [-0.1, -0.05) is 42.5 Å². The van der Waals surface area contributed by atoms with Gasteiger partial charge in [0.15, 0.2) is 0 Å². The van der Waals surface area contributed by atoms with Crippen molar-refractivity contribution in [2.75, 3.05) is 13.1 Å². The van der Waals surface area contributed by atoms with Crippen LogP contribution in [0.1, 0.15) is 24.4 Å². The Morgan fingerprint density at radius 2 is 1.83 bits per heavy atom. The lowest BCUT2D eigenvalue weighted by Gasteiger charge is -2.18. The molecule has 0 saturated carbocycles. The Morgan fingerprint density at radius 3 is 2.48 bits per heavy atom. The highest BCUT2D eigenvalue weighted by Gasteiger charge is 2.18. The van der Waals surface area contributed by atoms with Crippen LogP contribution in [-0.4, -0.2) is 35.8 Å². The van der Waals surface area contributed by atoms with Crippen molar-refractivity contribution < 1.29 is 4.79 Å². The number of nitrogens with two attached hydrogens (primary N) is 1. The van der Waals surface area contributed by atoms with Crippen LogP contribution in [0, 0.1) is 0 Å². The van der Waals surface area contributed by atoms with Gasteiger partial charge in [0.2, 0.25) is 5.91 Å². The highest BCUT2D eigenvalue weighted by atomic mass is 16.2. The third-order valence-electron chi connectivity index (χ3n) is 4.04. The summed E-state index contributed by atoms with van der Waals surface area (Å²) >= 11 is 0. The second-order valence-electron chi connectivity index (χ2n) is 5.83. The zero-order valence-electron chi connectivity index (χ0n) is 13.1. The Labute approximate surface area is 136 Å². The molecule has 1 saturated heterocycles. The summed E-state index contributed by atoms with van der Waals surface area (Å²) in [6.45, 7) is 2.05. The maximum Gasteiger partial charge on any atom is 0.242 e. The van der Waals surface area contributed by atoms with Crippen molar-refractivity contribution in [1.29, 1.82) is 0 Å². The first kappa shape index (κ1) is 15.5. The monoisotopic (exact) mass is 310 g/mol. The summed E-state index contributed by atoms with van der Waals surface area (Å²) in [5.74, 6) is -0.185. The molecule has 5 nitrogen and oxygen atoms in total. The molecule has 3 N–H and O–H groups in total. The second kappa shape index (κ2) is 7.24. The number of amides is 1. The largest absolute Gasteiger partial charge is 0.345 e. The average molecular weight is 310 g/mol. The van der Waals surface area contributed by atoms with Gasteiger partial charge < -0.3 is 11.1 Å². The quantitative estimate of drug-likeness (QED) is 0.890. The first-order valence-corrected chi connectivity index (χ1v) is 8.03. The van der Waals surface area contributed by atoms with Crippen LogP contribution in [0.3, 0.4) is 0 Å². The van der Waals surface area contributed by atoms with Crippen molar-refractivity contribution in [3.05, 3.63) is 60.2 Å². The fourth-order valence-electron chi connectivity index (χ4n) is 2.72. The molecule has 3 rings (SSSR count). The van der Waals surface area contributed by atoms with E-state index in [-0.39, 0.29) is 11.9 Å². The van der Waals surface area contributed by atoms with E-state index in [4.69, 9.17) is 5.73 Å². The molecule has 5 heteroatoms. The highest BCUT2D eigenvalue weighted by Crippen LogP contribution is 2.12. The van der Waals surface area contributed by atoms with E-state index in [0.717, 1.165) is 24.4 Å². The minimum absolute atomic E-state index is 0.144. The van der Waals surface area contributed by atoms with Crippen molar-refractivity contribution in [2.45, 2.75) is 24.9 Å². The van der Waals surface area contributed by atoms with E-state index >= 15 is 0 Å². The Hall–Kier alpha value is -2.40. The van der Waals surface area contributed by atoms with Gasteiger partial charge >= 0.3 is 0 Å². The van der Waals surface area contributed by atoms with E-state index in [1.54, 1.807) is 0 Å². The van der Waals surface area contributed by atoms with Gasteiger partial charge in [-0.05, 0) is 30.6 Å². The first-order valence-electron chi connectivity index (χ1n) is 8.03. The second-order valence-corrected chi connectivity index (χ2v) is 5.83. The molecule has 1 atom stereocenters. The van der Waals surface area contributed by atoms with Crippen molar-refractivity contribution in [1.82, 2.24) is 10.3 Å². The molecule has 1 aliphatic heterocycles. The number of hydrogen-bond acceptors (Lipinski definition) is 4. The molecular formula is C18H22N4O. The third kappa shape index (κ3) is 4.07. The van der Waals surface area contributed by atoms with Crippen LogP contribution in [0.2, 0.25) is 0 Å². The molecule has 1 aliphatic carbocycles. The van der Waals surface area contributed by atoms with Gasteiger partial charge in [-0.15, -0.1) is 0 Å². The highest BCUT2D eigenvalue weighted by molar-refractivity contribution is 6.05. The molecule has 1 aromatic rings. The van der Waals surface area contributed by atoms with Crippen LogP contribution >= 0.6 is 0 Å². The summed E-state index contributed by atoms with van der Waals surface area (Å²) in [6, 6.07) is 8.58. The van der Waals surface area contributed by atoms with E-state index in [1.807, 2.05) is 54.6 Å². The number of rotatable bonds is 4. The Morgan fingerprint density at radius 1 is 1.17 bits per heavy atom. The van der Waals surface area contributed by atoms with Gasteiger partial charge in [0, 0.05) is 13.1 Å². The average Bonchev–Trinajstić information content (AvgIpc) is 3.10. The SMILES string of the molecule is NC(C(=O)NC1C=CC(=NN2CCCC2)C=C1)c1ccccc1. The summed E-state index contributed by atoms with van der Waals surface area (Å²) in [5.41, 5.74) is 7.73. The van der Waals surface area contributed by atoms with Crippen LogP contribution in [0.5, 0.6) is 0 Å². The number of benzene rings is 1. The number of allylic oxidation sites excluding steroid dienone is 2. The van der Waals surface area contributed by atoms with E-state index in [9.17, 15) is 4.79 Å². The van der Waals surface area contributed by atoms with Crippen molar-refractivity contribution in [2.24, 2.45) is 10.8 Å². The molecule has 1 aromatic carbocycles. The minimum Gasteiger partial charge on any atom is -0.345 e. The Bertz CT molecular complexity index is 614. The van der Waals surface area contributed by atoms with Crippen LogP contribution < -0.4 is 11.1 Å². The zero-order chi connectivity index (χ0) is 16.1. The maximum absolute atomic E-state index is 12.2. The van der Waals surface area contributed by atoms with Crippen molar-refractivity contribution in [3.63, 3.8) is 0 Å². The van der Waals surface area contributed by atoms with Crippen molar-refractivity contribution in [3.8, 4) is 0 Å². The van der Waals surface area contributed by atoms with Gasteiger partial charge in [-0.25, -0.2) is 0 Å². The molecule has 2 aliphatic rings. The van der Waals surface area contributed by atoms with Crippen LogP contribution in [0.25, 0.3) is 0 Å². The molecule has 0 aromatic heterocycles. The Balaban J connectivity index is 1.55. The summed E-state index contributed by atoms with van der Waals surface area (Å²) in [4.78, 5) is 12.2. The smallest absolute Gasteiger partial charge is 0.242 e. The summed E-state index contributed by atoms with van der Waals surface area (Å²) in [7, 11) is 0. The van der Waals surface area contributed by atoms with Gasteiger partial charge in [0.1, 0.15) is 6.04 Å². The molecule has 1 unspecified atom stereocenters. The summed E-state index contributed by atoms with van der Waals surface area (Å²) < 4.78 is 0. The third-order valence-corrected chi connectivity index (χ3v) is 4.04. The predicted molar refractivity (Wildman–Crippen MR) is 91.8 cm³/mol. The number of nitrogens with zero attached hydrogens (tertiary/aromatic N) is 2. The lowest BCUT2D eigenvalue weighted by Crippen LogP contribution is -2.39. The van der Waals surface area contributed by atoms with Crippen LogP contribution in [-0.2, 0) is 4.79 Å². The maximum atomic E-state index is 12.2. The van der Waals surface area contributed by atoms with Crippen LogP contribution in [0.15, 0.2) is 59.7 Å². The molecule has 0 spiro atoms.